The van der Waals surface area contributed by atoms with Crippen LogP contribution in [0.3, 0.4) is 0 Å². The van der Waals surface area contributed by atoms with E-state index < -0.39 is 18.8 Å². The molecule has 0 aliphatic carbocycles. The number of carbonyl (C=O) groups is 1. The van der Waals surface area contributed by atoms with E-state index in [1.54, 1.807) is 0 Å². The van der Waals surface area contributed by atoms with Gasteiger partial charge in [-0.1, -0.05) is 63.3 Å². The molecule has 2 unspecified atom stereocenters. The third kappa shape index (κ3) is 20.1. The summed E-state index contributed by atoms with van der Waals surface area (Å²) in [7, 11) is 0. The van der Waals surface area contributed by atoms with Gasteiger partial charge in [0.05, 0.1) is 19.8 Å². The zero-order chi connectivity index (χ0) is 22.3. The third-order valence-corrected chi connectivity index (χ3v) is 4.70. The average molecular weight is 429 g/mol. The lowest BCUT2D eigenvalue weighted by Crippen LogP contribution is -2.30. The third-order valence-electron chi connectivity index (χ3n) is 4.70. The minimum Gasteiger partial charge on any atom is -0.463 e. The SMILES string of the molecule is CCCCC/C=C\C/C=C\CCCCCCCC(=O)OCC(CO)OCC(O)CO. The van der Waals surface area contributed by atoms with Gasteiger partial charge < -0.3 is 24.8 Å². The lowest BCUT2D eigenvalue weighted by atomic mass is 10.1. The van der Waals surface area contributed by atoms with Gasteiger partial charge in [0.2, 0.25) is 0 Å². The largest absolute Gasteiger partial charge is 0.463 e. The second-order valence-electron chi connectivity index (χ2n) is 7.64. The molecule has 0 fully saturated rings. The van der Waals surface area contributed by atoms with Gasteiger partial charge in [0, 0.05) is 6.42 Å². The van der Waals surface area contributed by atoms with Crippen molar-refractivity contribution < 1.29 is 29.6 Å². The number of aliphatic hydroxyl groups excluding tert-OH is 3. The molecule has 0 rings (SSSR count). The molecule has 0 heterocycles. The van der Waals surface area contributed by atoms with Crippen LogP contribution < -0.4 is 0 Å². The van der Waals surface area contributed by atoms with Crippen molar-refractivity contribution >= 4 is 5.97 Å². The molecule has 0 aliphatic heterocycles. The van der Waals surface area contributed by atoms with E-state index in [2.05, 4.69) is 31.2 Å². The minimum atomic E-state index is -0.998. The van der Waals surface area contributed by atoms with Crippen LogP contribution >= 0.6 is 0 Å². The molecule has 0 aliphatic rings. The van der Waals surface area contributed by atoms with Gasteiger partial charge in [0.15, 0.2) is 0 Å². The van der Waals surface area contributed by atoms with E-state index in [-0.39, 0.29) is 25.8 Å². The van der Waals surface area contributed by atoms with Crippen molar-refractivity contribution in [2.75, 3.05) is 26.4 Å². The molecule has 0 saturated carbocycles. The summed E-state index contributed by atoms with van der Waals surface area (Å²) < 4.78 is 10.3. The zero-order valence-electron chi connectivity index (χ0n) is 18.8. The molecule has 0 spiro atoms. The molecule has 0 radical (unpaired) electrons. The zero-order valence-corrected chi connectivity index (χ0v) is 18.8. The predicted octanol–water partition coefficient (Wildman–Crippen LogP) is 4.07. The standard InChI is InChI=1S/C24H44O6/c1-2-3-4-5-6-7-8-9-10-11-12-13-14-15-16-17-24(28)30-21-23(19-26)29-20-22(27)18-25/h6-7,9-10,22-23,25-27H,2-5,8,11-21H2,1H3/b7-6-,10-9-. The summed E-state index contributed by atoms with van der Waals surface area (Å²) in [4.78, 5) is 11.7. The number of allylic oxidation sites excluding steroid dienone is 4. The topological polar surface area (TPSA) is 96.2 Å². The molecule has 6 nitrogen and oxygen atoms in total. The summed E-state index contributed by atoms with van der Waals surface area (Å²) in [5, 5.41) is 27.1. The molecule has 0 aromatic heterocycles. The van der Waals surface area contributed by atoms with Crippen LogP contribution in [0, 0.1) is 0 Å². The van der Waals surface area contributed by atoms with Gasteiger partial charge in [-0.15, -0.1) is 0 Å². The minimum absolute atomic E-state index is 0.0479. The van der Waals surface area contributed by atoms with Crippen molar-refractivity contribution in [3.05, 3.63) is 24.3 Å². The number of esters is 1. The van der Waals surface area contributed by atoms with E-state index in [0.717, 1.165) is 32.1 Å². The van der Waals surface area contributed by atoms with Crippen molar-refractivity contribution in [3.63, 3.8) is 0 Å². The molecular weight excluding hydrogens is 384 g/mol. The molecular formula is C24H44O6. The first-order valence-electron chi connectivity index (χ1n) is 11.6. The van der Waals surface area contributed by atoms with E-state index in [9.17, 15) is 15.0 Å². The maximum Gasteiger partial charge on any atom is 0.305 e. The number of carbonyl (C=O) groups excluding carboxylic acids is 1. The molecule has 3 N–H and O–H groups in total. The van der Waals surface area contributed by atoms with Crippen molar-refractivity contribution in [1.29, 1.82) is 0 Å². The molecule has 0 saturated heterocycles. The summed E-state index contributed by atoms with van der Waals surface area (Å²) in [5.74, 6) is -0.301. The van der Waals surface area contributed by atoms with Crippen LogP contribution in [0.1, 0.15) is 84.0 Å². The van der Waals surface area contributed by atoms with Crippen molar-refractivity contribution in [1.82, 2.24) is 0 Å². The van der Waals surface area contributed by atoms with Crippen LogP contribution in [0.5, 0.6) is 0 Å². The van der Waals surface area contributed by atoms with Crippen LogP contribution in [0.4, 0.5) is 0 Å². The van der Waals surface area contributed by atoms with E-state index in [0.29, 0.717) is 6.42 Å². The highest BCUT2D eigenvalue weighted by Gasteiger charge is 2.13. The first-order chi connectivity index (χ1) is 14.6. The fourth-order valence-electron chi connectivity index (χ4n) is 2.79. The Morgan fingerprint density at radius 2 is 1.47 bits per heavy atom. The van der Waals surface area contributed by atoms with Gasteiger partial charge in [-0.2, -0.15) is 0 Å². The maximum absolute atomic E-state index is 11.7. The highest BCUT2D eigenvalue weighted by Crippen LogP contribution is 2.09. The van der Waals surface area contributed by atoms with Crippen molar-refractivity contribution in [3.8, 4) is 0 Å². The van der Waals surface area contributed by atoms with Crippen LogP contribution in [0.25, 0.3) is 0 Å². The Labute approximate surface area is 183 Å². The Bertz CT molecular complexity index is 435. The molecule has 176 valence electrons. The monoisotopic (exact) mass is 428 g/mol. The van der Waals surface area contributed by atoms with Gasteiger partial charge >= 0.3 is 5.97 Å². The summed E-state index contributed by atoms with van der Waals surface area (Å²) >= 11 is 0. The molecule has 30 heavy (non-hydrogen) atoms. The number of ether oxygens (including phenoxy) is 2. The van der Waals surface area contributed by atoms with Gasteiger partial charge in [0.1, 0.15) is 18.8 Å². The summed E-state index contributed by atoms with van der Waals surface area (Å²) in [6.07, 6.45) is 20.2. The lowest BCUT2D eigenvalue weighted by Gasteiger charge is -2.17. The van der Waals surface area contributed by atoms with Gasteiger partial charge in [0.25, 0.3) is 0 Å². The molecule has 0 aromatic rings. The molecule has 0 bridgehead atoms. The number of aliphatic hydroxyl groups is 3. The first kappa shape index (κ1) is 28.8. The quantitative estimate of drug-likeness (QED) is 0.145. The van der Waals surface area contributed by atoms with Crippen LogP contribution in [0.2, 0.25) is 0 Å². The highest BCUT2D eigenvalue weighted by molar-refractivity contribution is 5.69. The molecule has 6 heteroatoms. The fourth-order valence-corrected chi connectivity index (χ4v) is 2.79. The molecule has 2 atom stereocenters. The highest BCUT2D eigenvalue weighted by atomic mass is 16.6. The number of hydrogen-bond acceptors (Lipinski definition) is 6. The van der Waals surface area contributed by atoms with Crippen molar-refractivity contribution in [2.45, 2.75) is 96.2 Å². The van der Waals surface area contributed by atoms with E-state index in [4.69, 9.17) is 14.6 Å². The summed E-state index contributed by atoms with van der Waals surface area (Å²) in [6.45, 7) is 1.35. The van der Waals surface area contributed by atoms with E-state index >= 15 is 0 Å². The Hall–Kier alpha value is -1.21. The fraction of sp³-hybridized carbons (Fsp3) is 0.792. The number of unbranched alkanes of at least 4 members (excludes halogenated alkanes) is 8. The van der Waals surface area contributed by atoms with Crippen LogP contribution in [-0.2, 0) is 14.3 Å². The summed E-state index contributed by atoms with van der Waals surface area (Å²) in [5.41, 5.74) is 0. The smallest absolute Gasteiger partial charge is 0.305 e. The van der Waals surface area contributed by atoms with Gasteiger partial charge in [-0.25, -0.2) is 0 Å². The van der Waals surface area contributed by atoms with Crippen LogP contribution in [0.15, 0.2) is 24.3 Å². The Balaban J connectivity index is 3.50. The van der Waals surface area contributed by atoms with E-state index in [1.165, 1.54) is 38.5 Å². The lowest BCUT2D eigenvalue weighted by molar-refractivity contribution is -0.150. The molecule has 0 amide bonds. The molecule has 0 aromatic carbocycles. The predicted molar refractivity (Wildman–Crippen MR) is 120 cm³/mol. The Morgan fingerprint density at radius 3 is 2.10 bits per heavy atom. The second kappa shape index (κ2) is 22.5. The second-order valence-corrected chi connectivity index (χ2v) is 7.64. The number of rotatable bonds is 21. The first-order valence-corrected chi connectivity index (χ1v) is 11.6. The van der Waals surface area contributed by atoms with Crippen molar-refractivity contribution in [2.24, 2.45) is 0 Å². The maximum atomic E-state index is 11.7. The summed E-state index contributed by atoms with van der Waals surface area (Å²) in [6, 6.07) is 0. The normalized spacial score (nSPS) is 13.9. The number of hydrogen-bond donors (Lipinski definition) is 3. The Morgan fingerprint density at radius 1 is 0.833 bits per heavy atom. The van der Waals surface area contributed by atoms with Gasteiger partial charge in [-0.3, -0.25) is 4.79 Å². The average Bonchev–Trinajstić information content (AvgIpc) is 2.76. The Kier molecular flexibility index (Phi) is 21.6. The van der Waals surface area contributed by atoms with E-state index in [1.807, 2.05) is 0 Å². The van der Waals surface area contributed by atoms with Gasteiger partial charge in [-0.05, 0) is 38.5 Å². The van der Waals surface area contributed by atoms with Crippen LogP contribution in [-0.4, -0.2) is 59.9 Å².